The fraction of sp³-hybridized carbons (Fsp3) is 0.692. The summed E-state index contributed by atoms with van der Waals surface area (Å²) < 4.78 is 0. The largest absolute Gasteiger partial charge is 0.0945 e. The third-order valence-electron chi connectivity index (χ3n) is 7.02. The fourth-order valence-corrected chi connectivity index (χ4v) is 5.35. The van der Waals surface area contributed by atoms with Crippen LogP contribution in [0.1, 0.15) is 95.6 Å². The zero-order valence-corrected chi connectivity index (χ0v) is 18.2. The quantitative estimate of drug-likeness (QED) is 0.355. The molecule has 0 amide bonds. The topological polar surface area (TPSA) is 0 Å². The van der Waals surface area contributed by atoms with E-state index in [1.54, 1.807) is 0 Å². The van der Waals surface area contributed by atoms with E-state index in [1.165, 1.54) is 76.2 Å². The molecule has 0 aromatic heterocycles. The van der Waals surface area contributed by atoms with Gasteiger partial charge in [-0.05, 0) is 86.8 Å². The van der Waals surface area contributed by atoms with Crippen molar-refractivity contribution in [1.82, 2.24) is 0 Å². The third kappa shape index (κ3) is 6.29. The van der Waals surface area contributed by atoms with Crippen molar-refractivity contribution in [3.8, 4) is 11.8 Å². The van der Waals surface area contributed by atoms with Crippen molar-refractivity contribution in [3.05, 3.63) is 34.3 Å². The molecule has 0 N–H and O–H groups in total. The van der Waals surface area contributed by atoms with Crippen LogP contribution in [-0.2, 0) is 6.42 Å². The van der Waals surface area contributed by atoms with Gasteiger partial charge in [0.05, 0.1) is 0 Å². The summed E-state index contributed by atoms with van der Waals surface area (Å²) in [7, 11) is 0. The summed E-state index contributed by atoms with van der Waals surface area (Å²) in [4.78, 5) is 0. The molecule has 1 heteroatoms. The minimum atomic E-state index is 0.590. The summed E-state index contributed by atoms with van der Waals surface area (Å²) in [5.74, 6) is 10.5. The van der Waals surface area contributed by atoms with E-state index in [1.807, 2.05) is 0 Å². The minimum absolute atomic E-state index is 0.590. The lowest BCUT2D eigenvalue weighted by Crippen LogP contribution is -2.24. The van der Waals surface area contributed by atoms with E-state index >= 15 is 0 Å². The summed E-state index contributed by atoms with van der Waals surface area (Å²) in [5, 5.41) is 0.896. The van der Waals surface area contributed by atoms with Crippen LogP contribution in [0.5, 0.6) is 0 Å². The molecule has 0 spiro atoms. The maximum Gasteiger partial charge on any atom is 0.0450 e. The summed E-state index contributed by atoms with van der Waals surface area (Å²) in [6, 6.07) is 6.42. The molecule has 27 heavy (non-hydrogen) atoms. The Kier molecular flexibility index (Phi) is 8.14. The number of aryl methyl sites for hydroxylation is 1. The maximum absolute atomic E-state index is 6.48. The van der Waals surface area contributed by atoms with E-state index in [4.69, 9.17) is 11.6 Å². The molecule has 2 fully saturated rings. The minimum Gasteiger partial charge on any atom is -0.0945 e. The molecule has 1 aromatic rings. The second kappa shape index (κ2) is 10.6. The molecular weight excluding hydrogens is 348 g/mol. The molecule has 148 valence electrons. The van der Waals surface area contributed by atoms with Crippen molar-refractivity contribution < 1.29 is 0 Å². The van der Waals surface area contributed by atoms with Gasteiger partial charge in [0.15, 0.2) is 0 Å². The summed E-state index contributed by atoms with van der Waals surface area (Å²) in [5.41, 5.74) is 2.36. The second-order valence-electron chi connectivity index (χ2n) is 9.16. The van der Waals surface area contributed by atoms with Gasteiger partial charge in [0.1, 0.15) is 0 Å². The summed E-state index contributed by atoms with van der Waals surface area (Å²) in [6.45, 7) is 4.66. The average molecular weight is 385 g/mol. The van der Waals surface area contributed by atoms with Gasteiger partial charge in [-0.15, -0.1) is 0 Å². The van der Waals surface area contributed by atoms with Gasteiger partial charge in [0.25, 0.3) is 0 Å². The van der Waals surface area contributed by atoms with Gasteiger partial charge in [0.2, 0.25) is 0 Å². The molecule has 2 saturated carbocycles. The van der Waals surface area contributed by atoms with Crippen LogP contribution in [0.25, 0.3) is 0 Å². The molecule has 0 bridgehead atoms. The second-order valence-corrected chi connectivity index (χ2v) is 9.57. The molecule has 0 radical (unpaired) electrons. The predicted molar refractivity (Wildman–Crippen MR) is 118 cm³/mol. The Labute approximate surface area is 172 Å². The third-order valence-corrected chi connectivity index (χ3v) is 7.37. The van der Waals surface area contributed by atoms with Crippen LogP contribution < -0.4 is 0 Å². The standard InChI is InChI=1S/C26H37Cl/c1-3-4-5-6-25-18-13-22(19-26(25)27)10-9-21-11-16-24(17-12-21)23-14-7-20(2)8-15-23/h13,18-21,23-24H,3-8,11-12,14-17H2,1-2H3. The number of unbranched alkanes of at least 4 members (excludes halogenated alkanes) is 2. The molecule has 0 aliphatic heterocycles. The van der Waals surface area contributed by atoms with Gasteiger partial charge in [-0.25, -0.2) is 0 Å². The van der Waals surface area contributed by atoms with Crippen LogP contribution in [-0.4, -0.2) is 0 Å². The predicted octanol–water partition coefficient (Wildman–Crippen LogP) is 8.06. The smallest absolute Gasteiger partial charge is 0.0450 e. The molecular formula is C26H37Cl. The molecule has 3 rings (SSSR count). The zero-order valence-electron chi connectivity index (χ0n) is 17.4. The number of rotatable bonds is 5. The Morgan fingerprint density at radius 1 is 0.926 bits per heavy atom. The van der Waals surface area contributed by atoms with E-state index in [2.05, 4.69) is 43.9 Å². The van der Waals surface area contributed by atoms with E-state index < -0.39 is 0 Å². The van der Waals surface area contributed by atoms with Crippen LogP contribution in [0.2, 0.25) is 5.02 Å². The Morgan fingerprint density at radius 2 is 1.59 bits per heavy atom. The van der Waals surface area contributed by atoms with Gasteiger partial charge in [-0.1, -0.05) is 69.0 Å². The number of benzene rings is 1. The molecule has 0 heterocycles. The Balaban J connectivity index is 1.48. The Bertz CT molecular complexity index is 634. The van der Waals surface area contributed by atoms with Crippen LogP contribution >= 0.6 is 11.6 Å². The average Bonchev–Trinajstić information content (AvgIpc) is 2.69. The number of hydrogen-bond acceptors (Lipinski definition) is 0. The van der Waals surface area contributed by atoms with Crippen molar-refractivity contribution in [2.75, 3.05) is 0 Å². The van der Waals surface area contributed by atoms with E-state index in [9.17, 15) is 0 Å². The molecule has 0 nitrogen and oxygen atoms in total. The zero-order chi connectivity index (χ0) is 19.1. The molecule has 0 unspecified atom stereocenters. The first-order valence-electron chi connectivity index (χ1n) is 11.5. The highest BCUT2D eigenvalue weighted by molar-refractivity contribution is 6.31. The van der Waals surface area contributed by atoms with E-state index in [-0.39, 0.29) is 0 Å². The molecule has 2 aliphatic rings. The van der Waals surface area contributed by atoms with Gasteiger partial charge >= 0.3 is 0 Å². The highest BCUT2D eigenvalue weighted by Crippen LogP contribution is 2.41. The van der Waals surface area contributed by atoms with Crippen molar-refractivity contribution >= 4 is 11.6 Å². The molecule has 0 atom stereocenters. The number of halogens is 1. The highest BCUT2D eigenvalue weighted by atomic mass is 35.5. The lowest BCUT2D eigenvalue weighted by Gasteiger charge is -2.36. The van der Waals surface area contributed by atoms with Crippen LogP contribution in [0.15, 0.2) is 18.2 Å². The normalized spacial score (nSPS) is 28.4. The lowest BCUT2D eigenvalue weighted by molar-refractivity contribution is 0.162. The fourth-order valence-electron chi connectivity index (χ4n) is 5.07. The first-order chi connectivity index (χ1) is 13.2. The van der Waals surface area contributed by atoms with Gasteiger partial charge in [-0.3, -0.25) is 0 Å². The highest BCUT2D eigenvalue weighted by Gasteiger charge is 2.29. The first kappa shape index (κ1) is 20.8. The summed E-state index contributed by atoms with van der Waals surface area (Å²) >= 11 is 6.48. The maximum atomic E-state index is 6.48. The van der Waals surface area contributed by atoms with Crippen molar-refractivity contribution in [2.45, 2.75) is 90.9 Å². The summed E-state index contributed by atoms with van der Waals surface area (Å²) in [6.07, 6.45) is 16.1. The monoisotopic (exact) mass is 384 g/mol. The Hall–Kier alpha value is -0.930. The van der Waals surface area contributed by atoms with Crippen molar-refractivity contribution in [2.24, 2.45) is 23.7 Å². The van der Waals surface area contributed by atoms with Gasteiger partial charge in [-0.2, -0.15) is 0 Å². The van der Waals surface area contributed by atoms with Crippen molar-refractivity contribution in [1.29, 1.82) is 0 Å². The Morgan fingerprint density at radius 3 is 2.22 bits per heavy atom. The van der Waals surface area contributed by atoms with E-state index in [0.29, 0.717) is 5.92 Å². The van der Waals surface area contributed by atoms with Crippen LogP contribution in [0, 0.1) is 35.5 Å². The number of hydrogen-bond donors (Lipinski definition) is 0. The van der Waals surface area contributed by atoms with Crippen LogP contribution in [0.3, 0.4) is 0 Å². The van der Waals surface area contributed by atoms with Gasteiger partial charge < -0.3 is 0 Å². The van der Waals surface area contributed by atoms with Gasteiger partial charge in [0, 0.05) is 16.5 Å². The molecule has 0 saturated heterocycles. The van der Waals surface area contributed by atoms with E-state index in [0.717, 1.165) is 34.8 Å². The molecule has 1 aromatic carbocycles. The lowest BCUT2D eigenvalue weighted by atomic mass is 9.69. The first-order valence-corrected chi connectivity index (χ1v) is 11.8. The molecule has 2 aliphatic carbocycles. The van der Waals surface area contributed by atoms with Crippen LogP contribution in [0.4, 0.5) is 0 Å². The van der Waals surface area contributed by atoms with Crippen molar-refractivity contribution in [3.63, 3.8) is 0 Å². The SMILES string of the molecule is CCCCCc1ccc(C#CC2CCC(C3CCC(C)CC3)CC2)cc1Cl.